The third-order valence-corrected chi connectivity index (χ3v) is 5.73. The van der Waals surface area contributed by atoms with E-state index in [0.29, 0.717) is 49.9 Å². The molecule has 0 saturated carbocycles. The van der Waals surface area contributed by atoms with E-state index in [4.69, 9.17) is 20.8 Å². The summed E-state index contributed by atoms with van der Waals surface area (Å²) in [6.45, 7) is 3.28. The quantitative estimate of drug-likeness (QED) is 0.570. The van der Waals surface area contributed by atoms with Crippen LogP contribution in [0.5, 0.6) is 0 Å². The van der Waals surface area contributed by atoms with Crippen molar-refractivity contribution in [3.8, 4) is 11.5 Å². The molecule has 0 spiro atoms. The zero-order valence-corrected chi connectivity index (χ0v) is 18.4. The van der Waals surface area contributed by atoms with Crippen LogP contribution in [0.1, 0.15) is 37.3 Å². The molecule has 1 aromatic heterocycles. The summed E-state index contributed by atoms with van der Waals surface area (Å²) >= 11 is 6.38. The maximum absolute atomic E-state index is 13.7. The molecular weight excluding hydrogens is 435 g/mol. The number of carbonyl (C=O) groups excluding carboxylic acids is 1. The summed E-state index contributed by atoms with van der Waals surface area (Å²) in [5, 5.41) is 12.2. The van der Waals surface area contributed by atoms with Crippen molar-refractivity contribution in [3.63, 3.8) is 0 Å². The standard InChI is InChI=1S/C23H24ClFN4O3/c1-2-31-23(30)29-12-10-17(11-13-29)26-20(18-9-8-16(25)14-19(18)24)22-28-27-21(32-22)15-6-4-3-5-7-15/h3-9,14,17,20,26H,2,10-13H2,1H3/t20-/m1/s1. The van der Waals surface area contributed by atoms with Crippen molar-refractivity contribution in [2.45, 2.75) is 31.8 Å². The number of piperidine rings is 1. The van der Waals surface area contributed by atoms with Gasteiger partial charge in [-0.15, -0.1) is 10.2 Å². The Labute approximate surface area is 190 Å². The first kappa shape index (κ1) is 22.2. The molecule has 1 aliphatic rings. The number of hydrogen-bond donors (Lipinski definition) is 1. The largest absolute Gasteiger partial charge is 0.450 e. The number of halogens is 2. The van der Waals surface area contributed by atoms with Gasteiger partial charge in [0, 0.05) is 29.7 Å². The molecule has 2 aromatic carbocycles. The molecule has 3 aromatic rings. The number of nitrogens with one attached hydrogen (secondary N) is 1. The number of aromatic nitrogens is 2. The van der Waals surface area contributed by atoms with Gasteiger partial charge in [0.1, 0.15) is 11.9 Å². The first-order valence-corrected chi connectivity index (χ1v) is 10.9. The van der Waals surface area contributed by atoms with Crippen LogP contribution < -0.4 is 5.32 Å². The lowest BCUT2D eigenvalue weighted by atomic mass is 10.0. The Morgan fingerprint density at radius 2 is 2.00 bits per heavy atom. The van der Waals surface area contributed by atoms with Crippen LogP contribution in [0.25, 0.3) is 11.5 Å². The molecule has 9 heteroatoms. The van der Waals surface area contributed by atoms with Crippen LogP contribution in [0, 0.1) is 5.82 Å². The SMILES string of the molecule is CCOC(=O)N1CCC(N[C@@H](c2nnc(-c3ccccc3)o2)c2ccc(F)cc2Cl)CC1. The van der Waals surface area contributed by atoms with Crippen LogP contribution in [-0.4, -0.2) is 46.9 Å². The second kappa shape index (κ2) is 10.1. The fourth-order valence-corrected chi connectivity index (χ4v) is 4.03. The third-order valence-electron chi connectivity index (χ3n) is 5.41. The van der Waals surface area contributed by atoms with Gasteiger partial charge in [-0.25, -0.2) is 9.18 Å². The predicted molar refractivity (Wildman–Crippen MR) is 118 cm³/mol. The van der Waals surface area contributed by atoms with Gasteiger partial charge in [-0.2, -0.15) is 0 Å². The van der Waals surface area contributed by atoms with Gasteiger partial charge in [-0.1, -0.05) is 35.9 Å². The van der Waals surface area contributed by atoms with Gasteiger partial charge in [0.2, 0.25) is 11.8 Å². The fraction of sp³-hybridized carbons (Fsp3) is 0.348. The molecule has 0 bridgehead atoms. The van der Waals surface area contributed by atoms with Gasteiger partial charge >= 0.3 is 6.09 Å². The molecule has 1 fully saturated rings. The van der Waals surface area contributed by atoms with Crippen LogP contribution in [0.2, 0.25) is 5.02 Å². The number of rotatable bonds is 6. The van der Waals surface area contributed by atoms with E-state index in [0.717, 1.165) is 5.56 Å². The van der Waals surface area contributed by atoms with E-state index in [1.165, 1.54) is 12.1 Å². The van der Waals surface area contributed by atoms with Crippen molar-refractivity contribution in [2.75, 3.05) is 19.7 Å². The maximum atomic E-state index is 13.7. The van der Waals surface area contributed by atoms with Gasteiger partial charge in [-0.3, -0.25) is 5.32 Å². The highest BCUT2D eigenvalue weighted by Crippen LogP contribution is 2.31. The Balaban J connectivity index is 1.56. The monoisotopic (exact) mass is 458 g/mol. The average molecular weight is 459 g/mol. The van der Waals surface area contributed by atoms with Gasteiger partial charge < -0.3 is 14.1 Å². The number of carbonyl (C=O) groups is 1. The van der Waals surface area contributed by atoms with E-state index in [2.05, 4.69) is 15.5 Å². The van der Waals surface area contributed by atoms with Crippen molar-refractivity contribution >= 4 is 17.7 Å². The second-order valence-corrected chi connectivity index (χ2v) is 7.94. The van der Waals surface area contributed by atoms with E-state index < -0.39 is 11.9 Å². The lowest BCUT2D eigenvalue weighted by molar-refractivity contribution is 0.0942. The summed E-state index contributed by atoms with van der Waals surface area (Å²) in [5.41, 5.74) is 1.45. The van der Waals surface area contributed by atoms with Gasteiger partial charge in [0.05, 0.1) is 6.61 Å². The number of hydrogen-bond acceptors (Lipinski definition) is 6. The van der Waals surface area contributed by atoms with Crippen LogP contribution in [0.4, 0.5) is 9.18 Å². The van der Waals surface area contributed by atoms with E-state index in [1.807, 2.05) is 30.3 Å². The Kier molecular flexibility index (Phi) is 7.02. The minimum Gasteiger partial charge on any atom is -0.450 e. The van der Waals surface area contributed by atoms with E-state index in [9.17, 15) is 9.18 Å². The van der Waals surface area contributed by atoms with Crippen molar-refractivity contribution in [2.24, 2.45) is 0 Å². The summed E-state index contributed by atoms with van der Waals surface area (Å²) < 4.78 is 24.7. The zero-order chi connectivity index (χ0) is 22.5. The molecule has 2 heterocycles. The third kappa shape index (κ3) is 5.08. The lowest BCUT2D eigenvalue weighted by Crippen LogP contribution is -2.46. The maximum Gasteiger partial charge on any atom is 0.409 e. The minimum absolute atomic E-state index is 0.0684. The molecule has 1 aliphatic heterocycles. The molecule has 1 N–H and O–H groups in total. The molecule has 0 aliphatic carbocycles. The predicted octanol–water partition coefficient (Wildman–Crippen LogP) is 4.83. The number of ether oxygens (including phenoxy) is 1. The van der Waals surface area contributed by atoms with Gasteiger partial charge in [0.25, 0.3) is 0 Å². The summed E-state index contributed by atoms with van der Waals surface area (Å²) in [5.74, 6) is 0.309. The normalized spacial score (nSPS) is 15.5. The first-order valence-electron chi connectivity index (χ1n) is 10.6. The topological polar surface area (TPSA) is 80.5 Å². The number of nitrogens with zero attached hydrogens (tertiary/aromatic N) is 3. The number of amides is 1. The van der Waals surface area contributed by atoms with Crippen molar-refractivity contribution in [1.82, 2.24) is 20.4 Å². The number of benzene rings is 2. The molecule has 1 amide bonds. The Bertz CT molecular complexity index is 1050. The zero-order valence-electron chi connectivity index (χ0n) is 17.6. The minimum atomic E-state index is -0.521. The molecular formula is C23H24ClFN4O3. The molecule has 4 rings (SSSR count). The Hall–Kier alpha value is -2.97. The van der Waals surface area contributed by atoms with Gasteiger partial charge in [0.15, 0.2) is 0 Å². The highest BCUT2D eigenvalue weighted by molar-refractivity contribution is 6.31. The second-order valence-electron chi connectivity index (χ2n) is 7.54. The summed E-state index contributed by atoms with van der Waals surface area (Å²) in [4.78, 5) is 13.7. The van der Waals surface area contributed by atoms with Crippen molar-refractivity contribution in [1.29, 1.82) is 0 Å². The van der Waals surface area contributed by atoms with Crippen LogP contribution in [-0.2, 0) is 4.74 Å². The van der Waals surface area contributed by atoms with Crippen LogP contribution >= 0.6 is 11.6 Å². The molecule has 7 nitrogen and oxygen atoms in total. The Morgan fingerprint density at radius 3 is 2.69 bits per heavy atom. The summed E-state index contributed by atoms with van der Waals surface area (Å²) in [6.07, 6.45) is 1.13. The molecule has 1 saturated heterocycles. The van der Waals surface area contributed by atoms with Crippen LogP contribution in [0.3, 0.4) is 0 Å². The van der Waals surface area contributed by atoms with E-state index >= 15 is 0 Å². The smallest absolute Gasteiger partial charge is 0.409 e. The van der Waals surface area contributed by atoms with Gasteiger partial charge in [-0.05, 0) is 49.6 Å². The van der Waals surface area contributed by atoms with Crippen molar-refractivity contribution < 1.29 is 18.3 Å². The highest BCUT2D eigenvalue weighted by atomic mass is 35.5. The summed E-state index contributed by atoms with van der Waals surface area (Å²) in [7, 11) is 0. The van der Waals surface area contributed by atoms with E-state index in [-0.39, 0.29) is 17.2 Å². The van der Waals surface area contributed by atoms with E-state index in [1.54, 1.807) is 17.9 Å². The molecule has 32 heavy (non-hydrogen) atoms. The first-order chi connectivity index (χ1) is 15.5. The molecule has 168 valence electrons. The molecule has 0 unspecified atom stereocenters. The molecule has 0 radical (unpaired) electrons. The van der Waals surface area contributed by atoms with Crippen LogP contribution in [0.15, 0.2) is 52.9 Å². The molecule has 1 atom stereocenters. The highest BCUT2D eigenvalue weighted by Gasteiger charge is 2.30. The lowest BCUT2D eigenvalue weighted by Gasteiger charge is -2.33. The summed E-state index contributed by atoms with van der Waals surface area (Å²) in [6, 6.07) is 13.3. The van der Waals surface area contributed by atoms with Crippen molar-refractivity contribution in [3.05, 3.63) is 70.8 Å². The Morgan fingerprint density at radius 1 is 1.25 bits per heavy atom. The average Bonchev–Trinajstić information content (AvgIpc) is 3.29. The number of likely N-dealkylation sites (tertiary alicyclic amines) is 1. The fourth-order valence-electron chi connectivity index (χ4n) is 3.76.